The highest BCUT2D eigenvalue weighted by Crippen LogP contribution is 2.33. The van der Waals surface area contributed by atoms with Gasteiger partial charge in [0.25, 0.3) is 0 Å². The number of aliphatic hydroxyl groups is 1. The van der Waals surface area contributed by atoms with E-state index in [1.165, 1.54) is 23.1 Å². The number of likely N-dealkylation sites (tertiary alicyclic amines) is 1. The van der Waals surface area contributed by atoms with Crippen molar-refractivity contribution in [3.63, 3.8) is 0 Å². The monoisotopic (exact) mass is 389 g/mol. The van der Waals surface area contributed by atoms with Gasteiger partial charge in [-0.15, -0.1) is 5.10 Å². The van der Waals surface area contributed by atoms with E-state index in [9.17, 15) is 13.9 Å². The molecule has 150 valence electrons. The molecular weight excluding hydrogens is 364 g/mol. The lowest BCUT2D eigenvalue weighted by molar-refractivity contribution is 0.0489. The fraction of sp³-hybridized carbons (Fsp3) is 0.300. The third-order valence-corrected chi connectivity index (χ3v) is 4.91. The number of nitrogens with one attached hydrogen (secondary N) is 1. The topological polar surface area (TPSA) is 66.2 Å². The van der Waals surface area contributed by atoms with Crippen molar-refractivity contribution in [1.29, 1.82) is 0 Å². The Labute approximate surface area is 164 Å². The molecule has 1 aromatic heterocycles. The second-order valence-electron chi connectivity index (χ2n) is 7.37. The predicted octanol–water partition coefficient (Wildman–Crippen LogP) is 3.61. The van der Waals surface area contributed by atoms with Gasteiger partial charge in [0.1, 0.15) is 23.6 Å². The van der Waals surface area contributed by atoms with Crippen molar-refractivity contribution in [1.82, 2.24) is 19.7 Å². The molecule has 2 N–H and O–H groups in total. The van der Waals surface area contributed by atoms with Crippen LogP contribution < -0.4 is 5.32 Å². The van der Waals surface area contributed by atoms with Gasteiger partial charge in [-0.3, -0.25) is 0 Å². The highest BCUT2D eigenvalue weighted by molar-refractivity contribution is 5.57. The fourth-order valence-electron chi connectivity index (χ4n) is 3.59. The summed E-state index contributed by atoms with van der Waals surface area (Å²) in [4.78, 5) is 6.25. The minimum Gasteiger partial charge on any atom is -0.384 e. The van der Waals surface area contributed by atoms with Gasteiger partial charge in [0.15, 0.2) is 0 Å². The molecule has 1 aliphatic rings. The van der Waals surface area contributed by atoms with Crippen molar-refractivity contribution in [2.24, 2.45) is 0 Å². The Morgan fingerprint density at radius 3 is 2.57 bits per heavy atom. The molecule has 3 aromatic rings. The van der Waals surface area contributed by atoms with E-state index < -0.39 is 17.2 Å². The smallest absolute Gasteiger partial charge is 0.246 e. The quantitative estimate of drug-likeness (QED) is 0.714. The normalized spacial score (nSPS) is 19.9. The van der Waals surface area contributed by atoms with Crippen LogP contribution in [0.5, 0.6) is 0 Å². The number of aromatic nitrogens is 3. The Morgan fingerprint density at radius 2 is 1.89 bits per heavy atom. The van der Waals surface area contributed by atoms with Crippen molar-refractivity contribution >= 4 is 11.6 Å². The summed E-state index contributed by atoms with van der Waals surface area (Å²) in [5.41, 5.74) is 1.93. The maximum atomic E-state index is 13.4. The summed E-state index contributed by atoms with van der Waals surface area (Å²) in [5.74, 6) is -1.08. The number of anilines is 2. The lowest BCUT2D eigenvalue weighted by atomic mass is 9.91. The summed E-state index contributed by atoms with van der Waals surface area (Å²) in [6, 6.07) is 8.95. The predicted molar refractivity (Wildman–Crippen MR) is 106 cm³/mol. The first-order valence-corrected chi connectivity index (χ1v) is 8.99. The maximum Gasteiger partial charge on any atom is 0.246 e. The molecule has 0 bridgehead atoms. The van der Waals surface area contributed by atoms with Gasteiger partial charge in [-0.25, -0.2) is 13.5 Å². The molecular formula is C20H25F2N5O. The van der Waals surface area contributed by atoms with E-state index >= 15 is 0 Å². The van der Waals surface area contributed by atoms with Crippen molar-refractivity contribution in [2.75, 3.05) is 25.5 Å². The molecule has 28 heavy (non-hydrogen) atoms. The van der Waals surface area contributed by atoms with E-state index in [4.69, 9.17) is 0 Å². The summed E-state index contributed by atoms with van der Waals surface area (Å²) in [5, 5.41) is 18.3. The van der Waals surface area contributed by atoms with Gasteiger partial charge in [0, 0.05) is 27.7 Å². The Bertz CT molecular complexity index is 1010. The second-order valence-corrected chi connectivity index (χ2v) is 7.37. The average molecular weight is 389 g/mol. The lowest BCUT2D eigenvalue weighted by Crippen LogP contribution is -2.29. The van der Waals surface area contributed by atoms with Gasteiger partial charge in [-0.2, -0.15) is 4.98 Å². The van der Waals surface area contributed by atoms with Crippen LogP contribution >= 0.6 is 0 Å². The molecule has 6 nitrogen and oxygen atoms in total. The van der Waals surface area contributed by atoms with Crippen LogP contribution in [0.4, 0.5) is 20.4 Å². The number of likely N-dealkylation sites (N-methyl/N-ethyl adjacent to an activating group) is 1. The number of benzene rings is 2. The van der Waals surface area contributed by atoms with Crippen molar-refractivity contribution < 1.29 is 16.7 Å². The average Bonchev–Trinajstić information content (AvgIpc) is 3.21. The molecule has 2 aromatic carbocycles. The number of halogens is 2. The molecule has 1 atom stereocenters. The van der Waals surface area contributed by atoms with Crippen LogP contribution in [0.2, 0.25) is 0 Å². The van der Waals surface area contributed by atoms with E-state index in [-0.39, 0.29) is 14.5 Å². The van der Waals surface area contributed by atoms with E-state index in [2.05, 4.69) is 20.3 Å². The van der Waals surface area contributed by atoms with Crippen LogP contribution in [0, 0.1) is 18.6 Å². The zero-order chi connectivity index (χ0) is 19.9. The van der Waals surface area contributed by atoms with Gasteiger partial charge in [0.05, 0.1) is 5.69 Å². The van der Waals surface area contributed by atoms with Crippen LogP contribution in [0.3, 0.4) is 0 Å². The minimum atomic E-state index is -0.886. The Kier molecular flexibility index (Phi) is 4.60. The molecule has 0 radical (unpaired) electrons. The summed E-state index contributed by atoms with van der Waals surface area (Å²) >= 11 is 0. The fourth-order valence-corrected chi connectivity index (χ4v) is 3.59. The summed E-state index contributed by atoms with van der Waals surface area (Å²) in [6.45, 7) is 3.37. The van der Waals surface area contributed by atoms with Crippen LogP contribution in [0.15, 0.2) is 42.7 Å². The summed E-state index contributed by atoms with van der Waals surface area (Å²) in [6.07, 6.45) is 2.05. The van der Waals surface area contributed by atoms with Crippen LogP contribution in [0.1, 0.15) is 20.4 Å². The van der Waals surface area contributed by atoms with Crippen LogP contribution in [-0.2, 0) is 5.60 Å². The molecule has 1 fully saturated rings. The second kappa shape index (κ2) is 6.96. The first-order valence-electron chi connectivity index (χ1n) is 8.99. The Balaban J connectivity index is 0.00000160. The highest BCUT2D eigenvalue weighted by Gasteiger charge is 2.36. The minimum absolute atomic E-state index is 0. The molecule has 0 amide bonds. The molecule has 1 unspecified atom stereocenters. The number of β-amino-alcohol motifs (C(OH)–C–C–N with tert-alkyl or cyclic N) is 1. The van der Waals surface area contributed by atoms with Crippen LogP contribution in [0.25, 0.3) is 5.69 Å². The molecule has 0 saturated carbocycles. The molecule has 0 spiro atoms. The summed E-state index contributed by atoms with van der Waals surface area (Å²) in [7, 11) is 1.98. The molecule has 8 heteroatoms. The number of aryl methyl sites for hydroxylation is 1. The zero-order valence-electron chi connectivity index (χ0n) is 15.7. The number of nitrogens with zero attached hydrogens (tertiary/aromatic N) is 4. The SMILES string of the molecule is Cc1cc(Nc2ncn(-c3cc(F)cc(F)c3)n2)cc(C2(O)CCN(C)C2)c1.[HH].[HH]. The third-order valence-electron chi connectivity index (χ3n) is 4.91. The highest BCUT2D eigenvalue weighted by atomic mass is 19.1. The van der Waals surface area contributed by atoms with Gasteiger partial charge >= 0.3 is 0 Å². The maximum absolute atomic E-state index is 13.4. The van der Waals surface area contributed by atoms with Gasteiger partial charge in [-0.1, -0.05) is 6.07 Å². The van der Waals surface area contributed by atoms with E-state index in [0.717, 1.165) is 29.4 Å². The standard InChI is InChI=1S/C20H21F2N5O.2H2/c1-13-5-14(20(28)3-4-26(2)11-20)7-17(6-13)24-19-23-12-27(25-19)18-9-15(21)8-16(22)10-18;;/h5-10,12,28H,3-4,11H2,1-2H3,(H,24,25);2*1H. The first kappa shape index (κ1) is 18.5. The molecule has 1 aliphatic heterocycles. The zero-order valence-corrected chi connectivity index (χ0v) is 15.7. The third kappa shape index (κ3) is 3.74. The summed E-state index contributed by atoms with van der Waals surface area (Å²) < 4.78 is 28.1. The lowest BCUT2D eigenvalue weighted by Gasteiger charge is -2.24. The number of hydrogen-bond donors (Lipinski definition) is 2. The molecule has 4 rings (SSSR count). The van der Waals surface area contributed by atoms with E-state index in [1.807, 2.05) is 32.2 Å². The largest absolute Gasteiger partial charge is 0.384 e. The Hall–Kier alpha value is -2.84. The van der Waals surface area contributed by atoms with Crippen molar-refractivity contribution in [2.45, 2.75) is 18.9 Å². The Morgan fingerprint density at radius 1 is 1.14 bits per heavy atom. The number of rotatable bonds is 4. The van der Waals surface area contributed by atoms with E-state index in [1.54, 1.807) is 0 Å². The number of hydrogen-bond acceptors (Lipinski definition) is 5. The van der Waals surface area contributed by atoms with Gasteiger partial charge in [0.2, 0.25) is 5.95 Å². The van der Waals surface area contributed by atoms with Gasteiger partial charge in [-0.05, 0) is 55.8 Å². The molecule has 2 heterocycles. The van der Waals surface area contributed by atoms with Crippen LogP contribution in [-0.4, -0.2) is 44.9 Å². The van der Waals surface area contributed by atoms with Gasteiger partial charge < -0.3 is 15.3 Å². The molecule has 1 saturated heterocycles. The first-order chi connectivity index (χ1) is 13.3. The van der Waals surface area contributed by atoms with Crippen molar-refractivity contribution in [3.8, 4) is 5.69 Å². The van der Waals surface area contributed by atoms with Crippen molar-refractivity contribution in [3.05, 3.63) is 65.5 Å². The van der Waals surface area contributed by atoms with E-state index in [0.29, 0.717) is 13.0 Å². The molecule has 0 aliphatic carbocycles.